The summed E-state index contributed by atoms with van der Waals surface area (Å²) in [5.74, 6) is 0. The third kappa shape index (κ3) is 7.75. The molecule has 0 spiro atoms. The van der Waals surface area contributed by atoms with Crippen LogP contribution >= 0.6 is 0 Å². The lowest BCUT2D eigenvalue weighted by molar-refractivity contribution is 0.245. The molecule has 0 saturated heterocycles. The Morgan fingerprint density at radius 3 is 1.21 bits per heavy atom. The second-order valence-electron chi connectivity index (χ2n) is 31.7. The molecule has 4 unspecified atom stereocenters. The monoisotopic (exact) mass is 1140 g/mol. The molecule has 4 aliphatic heterocycles. The minimum Gasteiger partial charge on any atom is -0.330 e. The molecule has 6 aliphatic rings. The highest BCUT2D eigenvalue weighted by molar-refractivity contribution is 7.00. The summed E-state index contributed by atoms with van der Waals surface area (Å²) < 4.78 is 0. The molecule has 5 heteroatoms. The van der Waals surface area contributed by atoms with Gasteiger partial charge in [0.05, 0.1) is 11.1 Å². The molecule has 438 valence electrons. The minimum absolute atomic E-state index is 0.00692. The van der Waals surface area contributed by atoms with Crippen molar-refractivity contribution in [2.45, 2.75) is 180 Å². The van der Waals surface area contributed by atoms with Crippen molar-refractivity contribution in [3.05, 3.63) is 244 Å². The van der Waals surface area contributed by atoms with Gasteiger partial charge in [0.2, 0.25) is 0 Å². The molecule has 0 amide bonds. The average Bonchev–Trinajstić information content (AvgIpc) is 1.63. The fraction of sp³-hybridized carbons (Fsp3) is 0.341. The van der Waals surface area contributed by atoms with Gasteiger partial charge in [-0.05, 0) is 206 Å². The predicted octanol–water partition coefficient (Wildman–Crippen LogP) is 19.5. The molecular formula is C82H87BN4. The van der Waals surface area contributed by atoms with Crippen molar-refractivity contribution < 1.29 is 0 Å². The second-order valence-corrected chi connectivity index (χ2v) is 31.7. The molecule has 9 aromatic carbocycles. The van der Waals surface area contributed by atoms with Crippen LogP contribution in [0.2, 0.25) is 0 Å². The Labute approximate surface area is 520 Å². The van der Waals surface area contributed by atoms with E-state index in [4.69, 9.17) is 0 Å². The predicted molar refractivity (Wildman–Crippen MR) is 371 cm³/mol. The Kier molecular flexibility index (Phi) is 11.8. The van der Waals surface area contributed by atoms with Crippen molar-refractivity contribution in [2.24, 2.45) is 0 Å². The third-order valence-corrected chi connectivity index (χ3v) is 22.8. The molecular weight excluding hydrogens is 1050 g/mol. The highest BCUT2D eigenvalue weighted by Crippen LogP contribution is 2.66. The normalized spacial score (nSPS) is 22.4. The summed E-state index contributed by atoms with van der Waals surface area (Å²) in [6, 6.07) is 75.1. The summed E-state index contributed by atoms with van der Waals surface area (Å²) in [6.45, 7) is 38.4. The standard InChI is InChI=1S/C82H87BN4/c1-75(2,3)54-29-35-58(36-30-54)84-70-41-34-57(78(10,11)12)48-66(70)83-67-49-60(86-68-28-22-21-27-64(68)79(13)45-43-52-23-17-19-25-62(52)81(79,86)15)39-42-71(67)85(59-37-31-55(32-38-59)76(4,5)6)73-51-61(50-72(84)74(73)83)87-69-40-33-56(77(7,8)9)47-65(69)80(14)46-44-53-24-18-20-26-63(53)82(80,87)16/h17-42,47-51H,43-46H2,1-16H3. The van der Waals surface area contributed by atoms with Gasteiger partial charge >= 0.3 is 0 Å². The molecule has 4 heterocycles. The highest BCUT2D eigenvalue weighted by atomic mass is 15.3. The molecule has 0 aromatic heterocycles. The van der Waals surface area contributed by atoms with Crippen LogP contribution in [0.3, 0.4) is 0 Å². The molecule has 0 fully saturated rings. The summed E-state index contributed by atoms with van der Waals surface area (Å²) in [7, 11) is 0. The Morgan fingerprint density at radius 2 is 0.701 bits per heavy atom. The Morgan fingerprint density at radius 1 is 0.322 bits per heavy atom. The van der Waals surface area contributed by atoms with Crippen molar-refractivity contribution >= 4 is 80.0 Å². The van der Waals surface area contributed by atoms with Crippen molar-refractivity contribution in [1.29, 1.82) is 0 Å². The number of hydrogen-bond acceptors (Lipinski definition) is 4. The van der Waals surface area contributed by atoms with Gasteiger partial charge in [-0.1, -0.05) is 212 Å². The topological polar surface area (TPSA) is 13.0 Å². The van der Waals surface area contributed by atoms with Gasteiger partial charge in [-0.3, -0.25) is 0 Å². The zero-order valence-corrected chi connectivity index (χ0v) is 54.6. The van der Waals surface area contributed by atoms with Crippen LogP contribution in [0.25, 0.3) is 0 Å². The van der Waals surface area contributed by atoms with E-state index in [1.165, 1.54) is 123 Å². The van der Waals surface area contributed by atoms with E-state index in [9.17, 15) is 0 Å². The van der Waals surface area contributed by atoms with E-state index in [0.717, 1.165) is 31.4 Å². The van der Waals surface area contributed by atoms with Gasteiger partial charge in [-0.2, -0.15) is 0 Å². The number of anilines is 10. The quantitative estimate of drug-likeness (QED) is 0.163. The summed E-state index contributed by atoms with van der Waals surface area (Å²) in [4.78, 5) is 10.9. The summed E-state index contributed by atoms with van der Waals surface area (Å²) in [5, 5.41) is 0. The number of fused-ring (bicyclic) bond motifs is 14. The number of nitrogens with zero attached hydrogens (tertiary/aromatic N) is 4. The van der Waals surface area contributed by atoms with Gasteiger partial charge in [-0.15, -0.1) is 0 Å². The number of aryl methyl sites for hydroxylation is 2. The zero-order valence-electron chi connectivity index (χ0n) is 54.6. The summed E-state index contributed by atoms with van der Waals surface area (Å²) in [5.41, 5.74) is 29.1. The number of hydrogen-bond donors (Lipinski definition) is 0. The van der Waals surface area contributed by atoms with Gasteiger partial charge in [0.1, 0.15) is 0 Å². The summed E-state index contributed by atoms with van der Waals surface area (Å²) >= 11 is 0. The maximum Gasteiger partial charge on any atom is 0.252 e. The fourth-order valence-electron chi connectivity index (χ4n) is 17.3. The lowest BCUT2D eigenvalue weighted by atomic mass is 9.33. The van der Waals surface area contributed by atoms with Crippen LogP contribution in [0.15, 0.2) is 188 Å². The molecule has 0 bridgehead atoms. The van der Waals surface area contributed by atoms with E-state index in [2.05, 4.69) is 318 Å². The number of para-hydroxylation sites is 1. The van der Waals surface area contributed by atoms with E-state index in [0.29, 0.717) is 0 Å². The molecule has 87 heavy (non-hydrogen) atoms. The lowest BCUT2D eigenvalue weighted by Gasteiger charge is -2.52. The van der Waals surface area contributed by atoms with E-state index in [-0.39, 0.29) is 44.7 Å². The molecule has 15 rings (SSSR count). The van der Waals surface area contributed by atoms with Crippen LogP contribution in [0.4, 0.5) is 56.9 Å². The Balaban J connectivity index is 1.06. The molecule has 4 nitrogen and oxygen atoms in total. The third-order valence-electron chi connectivity index (χ3n) is 22.8. The van der Waals surface area contributed by atoms with Gasteiger partial charge < -0.3 is 19.6 Å². The van der Waals surface area contributed by atoms with Gasteiger partial charge in [0.15, 0.2) is 0 Å². The number of benzene rings is 9. The zero-order chi connectivity index (χ0) is 60.9. The first-order valence-electron chi connectivity index (χ1n) is 32.5. The summed E-state index contributed by atoms with van der Waals surface area (Å²) in [6.07, 6.45) is 4.25. The van der Waals surface area contributed by atoms with E-state index < -0.39 is 5.54 Å². The molecule has 2 aliphatic carbocycles. The molecule has 0 N–H and O–H groups in total. The van der Waals surface area contributed by atoms with Crippen LogP contribution in [-0.2, 0) is 56.4 Å². The van der Waals surface area contributed by atoms with Crippen LogP contribution in [-0.4, -0.2) is 6.71 Å². The first-order valence-corrected chi connectivity index (χ1v) is 32.5. The lowest BCUT2D eigenvalue weighted by Crippen LogP contribution is -2.62. The average molecular weight is 1140 g/mol. The molecule has 0 saturated carbocycles. The molecule has 9 aromatic rings. The minimum atomic E-state index is -0.427. The largest absolute Gasteiger partial charge is 0.330 e. The second kappa shape index (κ2) is 18.4. The maximum atomic E-state index is 2.81. The van der Waals surface area contributed by atoms with Crippen molar-refractivity contribution in [1.82, 2.24) is 0 Å². The molecule has 0 radical (unpaired) electrons. The first-order chi connectivity index (χ1) is 41.2. The first kappa shape index (κ1) is 55.8. The van der Waals surface area contributed by atoms with Gasteiger partial charge in [-0.25, -0.2) is 0 Å². The van der Waals surface area contributed by atoms with E-state index in [1.54, 1.807) is 0 Å². The van der Waals surface area contributed by atoms with Gasteiger partial charge in [0, 0.05) is 67.7 Å². The van der Waals surface area contributed by atoms with Crippen LogP contribution in [0.5, 0.6) is 0 Å². The van der Waals surface area contributed by atoms with Crippen molar-refractivity contribution in [3.8, 4) is 0 Å². The van der Waals surface area contributed by atoms with E-state index >= 15 is 0 Å². The van der Waals surface area contributed by atoms with Crippen molar-refractivity contribution in [2.75, 3.05) is 19.6 Å². The fourth-order valence-corrected chi connectivity index (χ4v) is 17.3. The van der Waals surface area contributed by atoms with Crippen LogP contribution < -0.4 is 36.0 Å². The van der Waals surface area contributed by atoms with E-state index in [1.807, 2.05) is 0 Å². The maximum absolute atomic E-state index is 2.81. The SMILES string of the molecule is CC(C)(C)c1ccc(N2c3ccc(N4c5ccccc5C5(C)CCc6ccccc6C45C)cc3B3c4cc(C(C)(C)C)ccc4N(c4ccc(C(C)(C)C)cc4)c4cc(N5c6ccc(C(C)(C)C)cc6C6(C)CCc7ccccc7C56C)cc2c43)cc1. The Bertz CT molecular complexity index is 4300. The van der Waals surface area contributed by atoms with Gasteiger partial charge in [0.25, 0.3) is 6.71 Å². The Hall–Kier alpha value is -7.76. The molecule has 4 atom stereocenters. The van der Waals surface area contributed by atoms with Crippen molar-refractivity contribution in [3.63, 3.8) is 0 Å². The van der Waals surface area contributed by atoms with Crippen LogP contribution in [0, 0.1) is 0 Å². The van der Waals surface area contributed by atoms with Crippen LogP contribution in [0.1, 0.15) is 179 Å². The number of rotatable bonds is 4. The smallest absolute Gasteiger partial charge is 0.252 e. The highest BCUT2D eigenvalue weighted by Gasteiger charge is 2.62.